The number of nitrogens with zero attached hydrogens (tertiary/aromatic N) is 4. The lowest BCUT2D eigenvalue weighted by molar-refractivity contribution is -0.115. The molecule has 1 amide bonds. The van der Waals surface area contributed by atoms with Crippen LogP contribution in [-0.4, -0.2) is 30.9 Å². The molecule has 0 spiro atoms. The number of nitrogens with one attached hydrogen (secondary N) is 1. The Bertz CT molecular complexity index is 1140. The van der Waals surface area contributed by atoms with E-state index in [2.05, 4.69) is 51.7 Å². The van der Waals surface area contributed by atoms with Crippen LogP contribution in [0.3, 0.4) is 0 Å². The van der Waals surface area contributed by atoms with Crippen molar-refractivity contribution in [2.24, 2.45) is 0 Å². The van der Waals surface area contributed by atoms with Crippen LogP contribution >= 0.6 is 34.9 Å². The molecular formula is C23H23N5OS3. The van der Waals surface area contributed by atoms with E-state index < -0.39 is 0 Å². The van der Waals surface area contributed by atoms with E-state index in [1.54, 1.807) is 18.0 Å². The number of hydrogen-bond donors (Lipinski definition) is 1. The molecule has 164 valence electrons. The second-order valence-electron chi connectivity index (χ2n) is 7.01. The maximum absolute atomic E-state index is 12.8. The molecule has 1 N–H and O–H groups in total. The number of rotatable bonds is 9. The lowest BCUT2D eigenvalue weighted by Gasteiger charge is -2.15. The Hall–Kier alpha value is -2.62. The second-order valence-corrected chi connectivity index (χ2v) is 10.1. The number of amides is 1. The monoisotopic (exact) mass is 481 g/mol. The molecule has 0 saturated heterocycles. The van der Waals surface area contributed by atoms with E-state index in [4.69, 9.17) is 0 Å². The van der Waals surface area contributed by atoms with Gasteiger partial charge in [0.25, 0.3) is 0 Å². The van der Waals surface area contributed by atoms with E-state index in [0.717, 1.165) is 11.5 Å². The van der Waals surface area contributed by atoms with Gasteiger partial charge in [-0.1, -0.05) is 54.6 Å². The van der Waals surface area contributed by atoms with Crippen LogP contribution in [0.1, 0.15) is 24.7 Å². The SMILES string of the molecule is CCC(Sc1nnc(CSc2ccc(C)cc2)n1-c1ccccc1)C(=O)Nc1nccs1. The van der Waals surface area contributed by atoms with Gasteiger partial charge in [0.05, 0.1) is 11.0 Å². The van der Waals surface area contributed by atoms with Gasteiger partial charge in [-0.2, -0.15) is 0 Å². The van der Waals surface area contributed by atoms with Crippen molar-refractivity contribution in [3.05, 3.63) is 77.6 Å². The summed E-state index contributed by atoms with van der Waals surface area (Å²) in [5.41, 5.74) is 2.22. The molecule has 0 saturated carbocycles. The zero-order valence-corrected chi connectivity index (χ0v) is 20.2. The van der Waals surface area contributed by atoms with Crippen LogP contribution in [0.15, 0.2) is 76.2 Å². The zero-order chi connectivity index (χ0) is 22.3. The third-order valence-corrected chi connectivity index (χ3v) is 7.68. The molecule has 4 rings (SSSR count). The Morgan fingerprint density at radius 3 is 2.59 bits per heavy atom. The van der Waals surface area contributed by atoms with Crippen LogP contribution in [0.4, 0.5) is 5.13 Å². The van der Waals surface area contributed by atoms with Gasteiger partial charge in [-0.15, -0.1) is 33.3 Å². The first-order chi connectivity index (χ1) is 15.6. The molecular weight excluding hydrogens is 458 g/mol. The Balaban J connectivity index is 1.57. The molecule has 9 heteroatoms. The molecule has 0 fully saturated rings. The summed E-state index contributed by atoms with van der Waals surface area (Å²) in [6.45, 7) is 4.08. The number of aryl methyl sites for hydroxylation is 1. The average molecular weight is 482 g/mol. The van der Waals surface area contributed by atoms with Crippen LogP contribution in [0.25, 0.3) is 5.69 Å². The number of thiazole rings is 1. The standard InChI is InChI=1S/C23H23N5OS3/c1-3-19(21(29)25-22-24-13-14-30-22)32-23-27-26-20(28(23)17-7-5-4-6-8-17)15-31-18-11-9-16(2)10-12-18/h4-14,19H,3,15H2,1-2H3,(H,24,25,29). The van der Waals surface area contributed by atoms with Gasteiger partial charge in [-0.25, -0.2) is 4.98 Å². The van der Waals surface area contributed by atoms with Crippen LogP contribution < -0.4 is 5.32 Å². The molecule has 0 bridgehead atoms. The summed E-state index contributed by atoms with van der Waals surface area (Å²) >= 11 is 4.56. The van der Waals surface area contributed by atoms with E-state index in [-0.39, 0.29) is 11.2 Å². The van der Waals surface area contributed by atoms with Gasteiger partial charge in [0.1, 0.15) is 5.82 Å². The van der Waals surface area contributed by atoms with Gasteiger partial charge < -0.3 is 5.32 Å². The number of aromatic nitrogens is 4. The number of thioether (sulfide) groups is 2. The van der Waals surface area contributed by atoms with Crippen LogP contribution in [0, 0.1) is 6.92 Å². The first kappa shape index (κ1) is 22.6. The molecule has 2 aromatic carbocycles. The van der Waals surface area contributed by atoms with Crippen molar-refractivity contribution < 1.29 is 4.79 Å². The normalized spacial score (nSPS) is 11.9. The predicted octanol–water partition coefficient (Wildman–Crippen LogP) is 5.83. The summed E-state index contributed by atoms with van der Waals surface area (Å²) in [6.07, 6.45) is 2.34. The number of hydrogen-bond acceptors (Lipinski definition) is 7. The first-order valence-corrected chi connectivity index (χ1v) is 12.9. The number of anilines is 1. The molecule has 1 atom stereocenters. The fourth-order valence-corrected chi connectivity index (χ4v) is 5.34. The smallest absolute Gasteiger partial charge is 0.239 e. The van der Waals surface area contributed by atoms with E-state index in [0.29, 0.717) is 22.5 Å². The molecule has 0 aliphatic heterocycles. The second kappa shape index (κ2) is 10.8. The summed E-state index contributed by atoms with van der Waals surface area (Å²) in [5, 5.41) is 14.7. The van der Waals surface area contributed by atoms with Crippen LogP contribution in [0.2, 0.25) is 0 Å². The van der Waals surface area contributed by atoms with Gasteiger partial charge in [0.15, 0.2) is 10.3 Å². The van der Waals surface area contributed by atoms with Gasteiger partial charge in [0, 0.05) is 22.2 Å². The molecule has 0 aliphatic carbocycles. The molecule has 2 heterocycles. The molecule has 1 unspecified atom stereocenters. The predicted molar refractivity (Wildman–Crippen MR) is 133 cm³/mol. The van der Waals surface area contributed by atoms with E-state index >= 15 is 0 Å². The van der Waals surface area contributed by atoms with Crippen molar-refractivity contribution in [2.75, 3.05) is 5.32 Å². The number of para-hydroxylation sites is 1. The summed E-state index contributed by atoms with van der Waals surface area (Å²) in [5.74, 6) is 1.44. The molecule has 32 heavy (non-hydrogen) atoms. The topological polar surface area (TPSA) is 72.7 Å². The first-order valence-electron chi connectivity index (χ1n) is 10.2. The Morgan fingerprint density at radius 2 is 1.91 bits per heavy atom. The van der Waals surface area contributed by atoms with E-state index in [9.17, 15) is 4.79 Å². The highest BCUT2D eigenvalue weighted by Crippen LogP contribution is 2.31. The van der Waals surface area contributed by atoms with Gasteiger partial charge >= 0.3 is 0 Å². The van der Waals surface area contributed by atoms with Crippen molar-refractivity contribution >= 4 is 45.9 Å². The minimum absolute atomic E-state index is 0.0781. The van der Waals surface area contributed by atoms with Crippen molar-refractivity contribution in [3.63, 3.8) is 0 Å². The zero-order valence-electron chi connectivity index (χ0n) is 17.8. The average Bonchev–Trinajstić information content (AvgIpc) is 3.47. The minimum atomic E-state index is -0.303. The van der Waals surface area contributed by atoms with Crippen LogP contribution in [-0.2, 0) is 10.5 Å². The third-order valence-electron chi connectivity index (χ3n) is 4.68. The third kappa shape index (κ3) is 5.59. The quantitative estimate of drug-likeness (QED) is 0.303. The summed E-state index contributed by atoms with van der Waals surface area (Å²) in [4.78, 5) is 18.1. The molecule has 0 aliphatic rings. The van der Waals surface area contributed by atoms with Crippen LogP contribution in [0.5, 0.6) is 0 Å². The van der Waals surface area contributed by atoms with Crippen molar-refractivity contribution in [1.82, 2.24) is 19.7 Å². The summed E-state index contributed by atoms with van der Waals surface area (Å²) in [6, 6.07) is 18.5. The van der Waals surface area contributed by atoms with Gasteiger partial charge in [0.2, 0.25) is 5.91 Å². The maximum atomic E-state index is 12.8. The Labute approximate surface area is 199 Å². The summed E-state index contributed by atoms with van der Waals surface area (Å²) in [7, 11) is 0. The number of benzene rings is 2. The highest BCUT2D eigenvalue weighted by molar-refractivity contribution is 8.00. The van der Waals surface area contributed by atoms with Crippen molar-refractivity contribution in [3.8, 4) is 5.69 Å². The van der Waals surface area contributed by atoms with E-state index in [1.165, 1.54) is 33.6 Å². The Morgan fingerprint density at radius 1 is 1.12 bits per heavy atom. The lowest BCUT2D eigenvalue weighted by atomic mass is 10.2. The van der Waals surface area contributed by atoms with E-state index in [1.807, 2.05) is 47.2 Å². The largest absolute Gasteiger partial charge is 0.301 e. The Kier molecular flexibility index (Phi) is 7.62. The molecule has 6 nitrogen and oxygen atoms in total. The minimum Gasteiger partial charge on any atom is -0.301 e. The number of carbonyl (C=O) groups is 1. The molecule has 0 radical (unpaired) electrons. The summed E-state index contributed by atoms with van der Waals surface area (Å²) < 4.78 is 2.05. The lowest BCUT2D eigenvalue weighted by Crippen LogP contribution is -2.25. The molecule has 2 aromatic heterocycles. The number of carbonyl (C=O) groups excluding carboxylic acids is 1. The highest BCUT2D eigenvalue weighted by Gasteiger charge is 2.24. The van der Waals surface area contributed by atoms with Crippen molar-refractivity contribution in [1.29, 1.82) is 0 Å². The fourth-order valence-electron chi connectivity index (χ4n) is 3.01. The highest BCUT2D eigenvalue weighted by atomic mass is 32.2. The van der Waals surface area contributed by atoms with Gasteiger partial charge in [-0.05, 0) is 37.6 Å². The maximum Gasteiger partial charge on any atom is 0.239 e. The van der Waals surface area contributed by atoms with Gasteiger partial charge in [-0.3, -0.25) is 9.36 Å². The van der Waals surface area contributed by atoms with Crippen molar-refractivity contribution in [2.45, 2.75) is 41.3 Å². The molecule has 4 aromatic rings. The fraction of sp³-hybridized carbons (Fsp3) is 0.217.